The van der Waals surface area contributed by atoms with Gasteiger partial charge >= 0.3 is 17.9 Å². The monoisotopic (exact) mass is 448 g/mol. The van der Waals surface area contributed by atoms with Crippen molar-refractivity contribution in [3.05, 3.63) is 35.5 Å². The zero-order chi connectivity index (χ0) is 24.1. The lowest BCUT2D eigenvalue weighted by molar-refractivity contribution is -0.156. The fourth-order valence-corrected chi connectivity index (χ4v) is 3.89. The molecule has 1 aliphatic heterocycles. The van der Waals surface area contributed by atoms with Gasteiger partial charge in [0.2, 0.25) is 0 Å². The van der Waals surface area contributed by atoms with Gasteiger partial charge in [0.15, 0.2) is 5.60 Å². The summed E-state index contributed by atoms with van der Waals surface area (Å²) in [6.07, 6.45) is 4.36. The van der Waals surface area contributed by atoms with Gasteiger partial charge in [-0.05, 0) is 52.4 Å². The van der Waals surface area contributed by atoms with Crippen LogP contribution in [0.15, 0.2) is 35.5 Å². The minimum atomic E-state index is -0.942. The molecule has 1 aliphatic carbocycles. The molecule has 1 fully saturated rings. The van der Waals surface area contributed by atoms with Crippen molar-refractivity contribution in [1.82, 2.24) is 0 Å². The SMILES string of the molecule is C=C(C)[C@H]1C/C=C(\C(=O)OC)CC[C@H]2O[C@]2(COC(=O)C(C)C)[C@@H](OC(=O)C=C(C)C)C1. The van der Waals surface area contributed by atoms with Crippen molar-refractivity contribution in [1.29, 1.82) is 0 Å². The van der Waals surface area contributed by atoms with Crippen LogP contribution in [0.1, 0.15) is 60.3 Å². The van der Waals surface area contributed by atoms with Gasteiger partial charge in [-0.2, -0.15) is 0 Å². The van der Waals surface area contributed by atoms with Gasteiger partial charge in [-0.25, -0.2) is 9.59 Å². The maximum Gasteiger partial charge on any atom is 0.333 e. The lowest BCUT2D eigenvalue weighted by Gasteiger charge is -2.29. The van der Waals surface area contributed by atoms with Crippen LogP contribution in [0, 0.1) is 11.8 Å². The smallest absolute Gasteiger partial charge is 0.333 e. The molecule has 0 aromatic rings. The standard InChI is InChI=1S/C25H36O7/c1-15(2)12-22(26)31-21-13-19(16(3)4)9-8-18(24(28)29-7)10-11-20-25(21,32-20)14-30-23(27)17(5)6/h8,12,17,19-21H,3,9-11,13-14H2,1-2,4-7H3/b18-8-/t19-,20+,21-,25-/m0/s1. The molecule has 0 amide bonds. The summed E-state index contributed by atoms with van der Waals surface area (Å²) in [5.41, 5.74) is 1.37. The highest BCUT2D eigenvalue weighted by molar-refractivity contribution is 5.88. The number of hydrogen-bond acceptors (Lipinski definition) is 7. The van der Waals surface area contributed by atoms with Crippen LogP contribution < -0.4 is 0 Å². The van der Waals surface area contributed by atoms with Crippen molar-refractivity contribution in [2.75, 3.05) is 13.7 Å². The van der Waals surface area contributed by atoms with E-state index in [1.807, 2.05) is 26.8 Å². The van der Waals surface area contributed by atoms with Crippen LogP contribution >= 0.6 is 0 Å². The first-order valence-electron chi connectivity index (χ1n) is 11.1. The molecule has 0 aromatic heterocycles. The first-order chi connectivity index (χ1) is 15.0. The molecule has 0 saturated carbocycles. The Morgan fingerprint density at radius 2 is 1.97 bits per heavy atom. The molecule has 0 N–H and O–H groups in total. The van der Waals surface area contributed by atoms with E-state index < -0.39 is 17.7 Å². The van der Waals surface area contributed by atoms with E-state index in [1.165, 1.54) is 13.2 Å². The largest absolute Gasteiger partial charge is 0.466 e. The first kappa shape index (κ1) is 25.8. The number of methoxy groups -OCH3 is 1. The lowest BCUT2D eigenvalue weighted by atomic mass is 9.83. The fourth-order valence-electron chi connectivity index (χ4n) is 3.89. The number of rotatable bonds is 7. The summed E-state index contributed by atoms with van der Waals surface area (Å²) in [5, 5.41) is 0. The van der Waals surface area contributed by atoms with Gasteiger partial charge in [-0.1, -0.05) is 37.6 Å². The molecule has 0 spiro atoms. The lowest BCUT2D eigenvalue weighted by Crippen LogP contribution is -2.42. The molecule has 178 valence electrons. The number of fused-ring (bicyclic) bond motifs is 1. The molecular weight excluding hydrogens is 412 g/mol. The number of hydrogen-bond donors (Lipinski definition) is 0. The molecule has 32 heavy (non-hydrogen) atoms. The van der Waals surface area contributed by atoms with Crippen LogP contribution in [-0.2, 0) is 33.3 Å². The van der Waals surface area contributed by atoms with Crippen molar-refractivity contribution in [2.24, 2.45) is 11.8 Å². The quantitative estimate of drug-likeness (QED) is 0.191. The number of carbonyl (C=O) groups excluding carboxylic acids is 3. The third-order valence-electron chi connectivity index (χ3n) is 5.94. The van der Waals surface area contributed by atoms with Gasteiger partial charge in [0.1, 0.15) is 12.7 Å². The van der Waals surface area contributed by atoms with Crippen molar-refractivity contribution in [3.8, 4) is 0 Å². The molecule has 4 atom stereocenters. The van der Waals surface area contributed by atoms with Crippen molar-refractivity contribution < 1.29 is 33.3 Å². The molecule has 2 aliphatic rings. The molecule has 2 rings (SSSR count). The summed E-state index contributed by atoms with van der Waals surface area (Å²) >= 11 is 0. The number of carbonyl (C=O) groups is 3. The van der Waals surface area contributed by atoms with E-state index in [-0.39, 0.29) is 36.5 Å². The summed E-state index contributed by atoms with van der Waals surface area (Å²) in [7, 11) is 1.36. The van der Waals surface area contributed by atoms with Gasteiger partial charge in [0.25, 0.3) is 0 Å². The second-order valence-corrected chi connectivity index (χ2v) is 9.25. The number of epoxide rings is 1. The summed E-state index contributed by atoms with van der Waals surface area (Å²) in [5.74, 6) is -1.50. The predicted octanol–water partition coefficient (Wildman–Crippen LogP) is 4.07. The Morgan fingerprint density at radius 3 is 2.53 bits per heavy atom. The molecule has 0 aromatic carbocycles. The average molecular weight is 449 g/mol. The van der Waals surface area contributed by atoms with Gasteiger partial charge in [0, 0.05) is 11.6 Å². The van der Waals surface area contributed by atoms with E-state index in [0.29, 0.717) is 31.3 Å². The van der Waals surface area contributed by atoms with Gasteiger partial charge < -0.3 is 18.9 Å². The van der Waals surface area contributed by atoms with Gasteiger partial charge in [0.05, 0.1) is 19.1 Å². The molecule has 0 unspecified atom stereocenters. The minimum Gasteiger partial charge on any atom is -0.466 e. The molecule has 1 saturated heterocycles. The van der Waals surface area contributed by atoms with Crippen molar-refractivity contribution in [2.45, 2.75) is 78.1 Å². The third-order valence-corrected chi connectivity index (χ3v) is 5.94. The maximum absolute atomic E-state index is 12.5. The van der Waals surface area contributed by atoms with Crippen LogP contribution in [0.2, 0.25) is 0 Å². The number of esters is 3. The molecule has 1 heterocycles. The molecule has 0 radical (unpaired) electrons. The minimum absolute atomic E-state index is 0.0123. The highest BCUT2D eigenvalue weighted by atomic mass is 16.7. The van der Waals surface area contributed by atoms with Crippen LogP contribution in [0.3, 0.4) is 0 Å². The van der Waals surface area contributed by atoms with E-state index in [9.17, 15) is 14.4 Å². The normalized spacial score (nSPS) is 29.0. The Hall–Kier alpha value is -2.41. The van der Waals surface area contributed by atoms with E-state index >= 15 is 0 Å². The Bertz CT molecular complexity index is 803. The van der Waals surface area contributed by atoms with Crippen molar-refractivity contribution >= 4 is 17.9 Å². The summed E-state index contributed by atoms with van der Waals surface area (Å²) in [6, 6.07) is 0. The van der Waals surface area contributed by atoms with E-state index in [0.717, 1.165) is 11.1 Å². The van der Waals surface area contributed by atoms with Gasteiger partial charge in [-0.15, -0.1) is 0 Å². The van der Waals surface area contributed by atoms with E-state index in [1.54, 1.807) is 13.8 Å². The van der Waals surface area contributed by atoms with Crippen LogP contribution in [-0.4, -0.2) is 49.4 Å². The zero-order valence-corrected chi connectivity index (χ0v) is 20.1. The van der Waals surface area contributed by atoms with E-state index in [2.05, 4.69) is 6.58 Å². The van der Waals surface area contributed by atoms with Crippen LogP contribution in [0.4, 0.5) is 0 Å². The van der Waals surface area contributed by atoms with Crippen LogP contribution in [0.5, 0.6) is 0 Å². The summed E-state index contributed by atoms with van der Waals surface area (Å²) in [6.45, 7) is 13.1. The summed E-state index contributed by atoms with van der Waals surface area (Å²) in [4.78, 5) is 36.9. The maximum atomic E-state index is 12.5. The van der Waals surface area contributed by atoms with Crippen LogP contribution in [0.25, 0.3) is 0 Å². The van der Waals surface area contributed by atoms with Crippen molar-refractivity contribution in [3.63, 3.8) is 0 Å². The van der Waals surface area contributed by atoms with Gasteiger partial charge in [-0.3, -0.25) is 4.79 Å². The third kappa shape index (κ3) is 6.55. The predicted molar refractivity (Wildman–Crippen MR) is 120 cm³/mol. The number of ether oxygens (including phenoxy) is 4. The number of allylic oxidation sites excluding steroid dienone is 3. The molecular formula is C25H36O7. The second kappa shape index (κ2) is 10.9. The summed E-state index contributed by atoms with van der Waals surface area (Å²) < 4.78 is 22.4. The first-order valence-corrected chi connectivity index (χ1v) is 11.1. The highest BCUT2D eigenvalue weighted by Gasteiger charge is 2.64. The zero-order valence-electron chi connectivity index (χ0n) is 20.1. The average Bonchev–Trinajstić information content (AvgIpc) is 3.43. The molecule has 7 nitrogen and oxygen atoms in total. The topological polar surface area (TPSA) is 91.4 Å². The molecule has 7 heteroatoms. The molecule has 0 bridgehead atoms. The Labute approximate surface area is 190 Å². The Kier molecular flexibility index (Phi) is 8.84. The van der Waals surface area contributed by atoms with E-state index in [4.69, 9.17) is 18.9 Å². The second-order valence-electron chi connectivity index (χ2n) is 9.25. The Morgan fingerprint density at radius 1 is 1.28 bits per heavy atom. The highest BCUT2D eigenvalue weighted by Crippen LogP contribution is 2.48. The Balaban J connectivity index is 2.38. The fraction of sp³-hybridized carbons (Fsp3) is 0.640.